The van der Waals surface area contributed by atoms with Gasteiger partial charge in [-0.25, -0.2) is 9.45 Å². The van der Waals surface area contributed by atoms with Crippen LogP contribution in [0.5, 0.6) is 23.0 Å². The number of nitrogens with zero attached hydrogens (tertiary/aromatic N) is 2. The minimum absolute atomic E-state index is 0.142. The van der Waals surface area contributed by atoms with Gasteiger partial charge in [0, 0.05) is 43.1 Å². The average molecular weight is 874 g/mol. The van der Waals surface area contributed by atoms with Gasteiger partial charge < -0.3 is 29.2 Å². The van der Waals surface area contributed by atoms with Crippen LogP contribution in [-0.4, -0.2) is 66.8 Å². The number of aryl methyl sites for hydroxylation is 2. The van der Waals surface area contributed by atoms with Crippen LogP contribution in [0.25, 0.3) is 11.1 Å². The number of hydrogen-bond donors (Lipinski definition) is 1. The lowest BCUT2D eigenvalue weighted by Gasteiger charge is -2.35. The van der Waals surface area contributed by atoms with Crippen LogP contribution in [0.4, 0.5) is 4.39 Å². The zero-order chi connectivity index (χ0) is 45.3. The SMILES string of the molecule is CCCc1c(OCCCOc2cc(OCc3ccccc3)c(-c3ccc(F)cc3)cc2CC)ccc2c1OC(N(C=O)CCCNC(=O)C(C)(C)N(C=O)OCc1ccccc1)CC2. The van der Waals surface area contributed by atoms with Crippen molar-refractivity contribution >= 4 is 18.7 Å². The summed E-state index contributed by atoms with van der Waals surface area (Å²) in [6, 6.07) is 33.8. The van der Waals surface area contributed by atoms with Crippen LogP contribution in [0, 0.1) is 5.82 Å². The lowest BCUT2D eigenvalue weighted by molar-refractivity contribution is -0.211. The van der Waals surface area contributed by atoms with Crippen molar-refractivity contribution in [2.45, 2.75) is 97.6 Å². The number of fused-ring (bicyclic) bond motifs is 1. The highest BCUT2D eigenvalue weighted by atomic mass is 19.1. The molecular formula is C52H60FN3O8. The molecule has 64 heavy (non-hydrogen) atoms. The highest BCUT2D eigenvalue weighted by Gasteiger charge is 2.35. The molecule has 0 fully saturated rings. The lowest BCUT2D eigenvalue weighted by Crippen LogP contribution is -2.54. The summed E-state index contributed by atoms with van der Waals surface area (Å²) in [7, 11) is 0. The summed E-state index contributed by atoms with van der Waals surface area (Å²) in [4.78, 5) is 44.7. The topological polar surface area (TPSA) is 116 Å². The fourth-order valence-corrected chi connectivity index (χ4v) is 7.57. The highest BCUT2D eigenvalue weighted by molar-refractivity contribution is 5.87. The molecule has 1 N–H and O–H groups in total. The molecule has 5 aromatic rings. The molecule has 0 spiro atoms. The van der Waals surface area contributed by atoms with Gasteiger partial charge in [-0.05, 0) is 91.6 Å². The van der Waals surface area contributed by atoms with E-state index >= 15 is 0 Å². The molecule has 0 radical (unpaired) electrons. The van der Waals surface area contributed by atoms with E-state index in [1.54, 1.807) is 30.9 Å². The standard InChI is InChI=1S/C52H60FN3O8/c1-5-15-44-46(60-30-14-31-61-47-33-48(62-34-38-16-9-7-10-17-38)45(32-40(47)6-2)41-20-24-43(53)25-21-41)26-22-42-23-27-49(64-50(42)44)55(36-57)29-13-28-54-51(59)52(3,4)56(37-58)63-35-39-18-11-8-12-19-39/h7-12,16-22,24-26,32-33,36-37,49H,5-6,13-15,23,27-31,34-35H2,1-4H3,(H,54,59). The first-order valence-electron chi connectivity index (χ1n) is 22.2. The van der Waals surface area contributed by atoms with E-state index in [4.69, 9.17) is 23.8 Å². The zero-order valence-electron chi connectivity index (χ0n) is 37.4. The van der Waals surface area contributed by atoms with E-state index in [1.807, 2.05) is 78.9 Å². The van der Waals surface area contributed by atoms with Gasteiger partial charge in [0.25, 0.3) is 0 Å². The molecule has 0 bridgehead atoms. The second-order valence-corrected chi connectivity index (χ2v) is 16.2. The molecule has 1 unspecified atom stereocenters. The third-order valence-corrected chi connectivity index (χ3v) is 11.3. The maximum atomic E-state index is 13.8. The second kappa shape index (κ2) is 23.3. The number of halogens is 1. The van der Waals surface area contributed by atoms with Crippen molar-refractivity contribution in [1.82, 2.24) is 15.3 Å². The minimum Gasteiger partial charge on any atom is -0.493 e. The van der Waals surface area contributed by atoms with Crippen molar-refractivity contribution < 1.29 is 42.6 Å². The Balaban J connectivity index is 1.03. The quantitative estimate of drug-likeness (QED) is 0.0351. The van der Waals surface area contributed by atoms with Crippen molar-refractivity contribution in [2.75, 3.05) is 26.3 Å². The van der Waals surface area contributed by atoms with Gasteiger partial charge in [-0.1, -0.05) is 99.1 Å². The van der Waals surface area contributed by atoms with Crippen LogP contribution in [0.3, 0.4) is 0 Å². The molecular weight excluding hydrogens is 814 g/mol. The summed E-state index contributed by atoms with van der Waals surface area (Å²) >= 11 is 0. The maximum Gasteiger partial charge on any atom is 0.247 e. The molecule has 0 aromatic heterocycles. The molecule has 1 aliphatic rings. The van der Waals surface area contributed by atoms with Crippen LogP contribution in [-0.2, 0) is 51.7 Å². The van der Waals surface area contributed by atoms with Crippen molar-refractivity contribution in [3.8, 4) is 34.1 Å². The summed E-state index contributed by atoms with van der Waals surface area (Å²) in [5.41, 5.74) is 5.44. The fourth-order valence-electron chi connectivity index (χ4n) is 7.57. The largest absolute Gasteiger partial charge is 0.493 e. The summed E-state index contributed by atoms with van der Waals surface area (Å²) in [6.07, 6.45) is 5.64. The Morgan fingerprint density at radius 2 is 1.50 bits per heavy atom. The van der Waals surface area contributed by atoms with Crippen molar-refractivity contribution in [3.05, 3.63) is 143 Å². The molecule has 11 nitrogen and oxygen atoms in total. The molecule has 1 heterocycles. The summed E-state index contributed by atoms with van der Waals surface area (Å²) in [6.45, 7) is 9.42. The van der Waals surface area contributed by atoms with E-state index in [2.05, 4.69) is 25.2 Å². The van der Waals surface area contributed by atoms with E-state index in [0.29, 0.717) is 57.8 Å². The lowest BCUT2D eigenvalue weighted by atomic mass is 9.97. The van der Waals surface area contributed by atoms with Gasteiger partial charge >= 0.3 is 0 Å². The van der Waals surface area contributed by atoms with E-state index < -0.39 is 11.8 Å². The molecule has 1 atom stereocenters. The Labute approximate surface area is 376 Å². The smallest absolute Gasteiger partial charge is 0.247 e. The Hall–Kier alpha value is -6.40. The van der Waals surface area contributed by atoms with E-state index in [1.165, 1.54) is 12.1 Å². The van der Waals surface area contributed by atoms with Crippen LogP contribution < -0.4 is 24.3 Å². The molecule has 0 saturated carbocycles. The number of ether oxygens (including phenoxy) is 4. The Kier molecular flexibility index (Phi) is 17.2. The molecule has 0 saturated heterocycles. The van der Waals surface area contributed by atoms with E-state index in [0.717, 1.165) is 93.3 Å². The summed E-state index contributed by atoms with van der Waals surface area (Å²) < 4.78 is 39.5. The van der Waals surface area contributed by atoms with Gasteiger partial charge in [0.05, 0.1) is 13.2 Å². The van der Waals surface area contributed by atoms with Crippen molar-refractivity contribution in [3.63, 3.8) is 0 Å². The molecule has 338 valence electrons. The Bertz CT molecular complexity index is 2270. The number of amides is 3. The maximum absolute atomic E-state index is 13.8. The van der Waals surface area contributed by atoms with Gasteiger partial charge in [-0.15, -0.1) is 0 Å². The number of carbonyl (C=O) groups is 3. The third-order valence-electron chi connectivity index (χ3n) is 11.3. The predicted octanol–water partition coefficient (Wildman–Crippen LogP) is 9.42. The number of hydroxylamine groups is 2. The zero-order valence-corrected chi connectivity index (χ0v) is 37.4. The van der Waals surface area contributed by atoms with Crippen LogP contribution in [0.2, 0.25) is 0 Å². The van der Waals surface area contributed by atoms with Gasteiger partial charge in [0.2, 0.25) is 18.7 Å². The Morgan fingerprint density at radius 1 is 0.812 bits per heavy atom. The molecule has 0 aliphatic carbocycles. The second-order valence-electron chi connectivity index (χ2n) is 16.2. The van der Waals surface area contributed by atoms with Gasteiger partial charge in [0.15, 0.2) is 6.23 Å². The first-order chi connectivity index (χ1) is 31.1. The average Bonchev–Trinajstić information content (AvgIpc) is 3.32. The molecule has 1 aliphatic heterocycles. The van der Waals surface area contributed by atoms with Crippen LogP contribution in [0.15, 0.2) is 109 Å². The van der Waals surface area contributed by atoms with Crippen LogP contribution in [0.1, 0.15) is 81.2 Å². The number of nitrogens with one attached hydrogen (secondary N) is 1. The van der Waals surface area contributed by atoms with Crippen molar-refractivity contribution in [2.24, 2.45) is 0 Å². The molecule has 12 heteroatoms. The first kappa shape index (κ1) is 47.1. The number of carbonyl (C=O) groups excluding carboxylic acids is 3. The fraction of sp³-hybridized carbons (Fsp3) is 0.365. The number of rotatable bonds is 25. The predicted molar refractivity (Wildman–Crippen MR) is 244 cm³/mol. The first-order valence-corrected chi connectivity index (χ1v) is 22.2. The molecule has 5 aromatic carbocycles. The van der Waals surface area contributed by atoms with Crippen molar-refractivity contribution in [1.29, 1.82) is 0 Å². The van der Waals surface area contributed by atoms with E-state index in [9.17, 15) is 18.8 Å². The Morgan fingerprint density at radius 3 is 2.16 bits per heavy atom. The van der Waals surface area contributed by atoms with Gasteiger partial charge in [-0.2, -0.15) is 0 Å². The summed E-state index contributed by atoms with van der Waals surface area (Å²) in [5.74, 6) is 2.22. The van der Waals surface area contributed by atoms with Gasteiger partial charge in [-0.3, -0.25) is 19.2 Å². The van der Waals surface area contributed by atoms with Gasteiger partial charge in [0.1, 0.15) is 47.6 Å². The number of hydrogen-bond acceptors (Lipinski definition) is 8. The number of benzene rings is 5. The highest BCUT2D eigenvalue weighted by Crippen LogP contribution is 2.40. The molecule has 6 rings (SSSR count). The minimum atomic E-state index is -1.26. The van der Waals surface area contributed by atoms with Crippen LogP contribution >= 0.6 is 0 Å². The molecule has 3 amide bonds. The van der Waals surface area contributed by atoms with E-state index in [-0.39, 0.29) is 24.9 Å². The third kappa shape index (κ3) is 12.4. The normalized spacial score (nSPS) is 13.2. The monoisotopic (exact) mass is 873 g/mol. The summed E-state index contributed by atoms with van der Waals surface area (Å²) in [5, 5.41) is 3.92.